The summed E-state index contributed by atoms with van der Waals surface area (Å²) >= 11 is 0. The van der Waals surface area contributed by atoms with Gasteiger partial charge in [-0.05, 0) is 61.4 Å². The first-order chi connectivity index (χ1) is 13.3. The first-order valence-corrected chi connectivity index (χ1v) is 11.2. The summed E-state index contributed by atoms with van der Waals surface area (Å²) in [6.45, 7) is 1.38. The second-order valence-corrected chi connectivity index (χ2v) is 9.15. The number of fused-ring (bicyclic) bond motifs is 1. The molecule has 2 aromatic rings. The second-order valence-electron chi connectivity index (χ2n) is 7.25. The highest BCUT2D eigenvalue weighted by atomic mass is 32.2. The smallest absolute Gasteiger partial charge is 0.241 e. The Kier molecular flexibility index (Phi) is 6.03. The molecule has 2 aromatic carbocycles. The zero-order chi connectivity index (χ0) is 20.3. The number of para-hydroxylation sites is 1. The van der Waals surface area contributed by atoms with Gasteiger partial charge in [0.2, 0.25) is 15.9 Å². The van der Waals surface area contributed by atoms with Gasteiger partial charge in [-0.15, -0.1) is 0 Å². The monoisotopic (exact) mass is 404 g/mol. The largest absolute Gasteiger partial charge is 0.348 e. The summed E-state index contributed by atoms with van der Waals surface area (Å²) in [7, 11) is -3.82. The highest BCUT2D eigenvalue weighted by Gasteiger charge is 2.24. The molecule has 0 radical (unpaired) electrons. The maximum Gasteiger partial charge on any atom is 0.241 e. The number of rotatable bonds is 6. The maximum absolute atomic E-state index is 14.1. The number of carbonyl (C=O) groups excluding carboxylic acids is 1. The molecular formula is C21H25FN2O3S. The van der Waals surface area contributed by atoms with Crippen LogP contribution in [0, 0.1) is 5.82 Å². The van der Waals surface area contributed by atoms with Gasteiger partial charge < -0.3 is 5.32 Å². The van der Waals surface area contributed by atoms with Crippen molar-refractivity contribution in [3.8, 4) is 0 Å². The molecule has 1 aliphatic rings. The number of hydrogen-bond acceptors (Lipinski definition) is 3. The SMILES string of the molecule is C[C@H](NC(=O)CN(c1ccccc1F)S(C)(=O)=O)c1ccc2c(c1)CCCC2. The molecule has 150 valence electrons. The molecular weight excluding hydrogens is 379 g/mol. The van der Waals surface area contributed by atoms with E-state index in [9.17, 15) is 17.6 Å². The van der Waals surface area contributed by atoms with E-state index in [4.69, 9.17) is 0 Å². The molecule has 0 aromatic heterocycles. The van der Waals surface area contributed by atoms with Crippen molar-refractivity contribution >= 4 is 21.6 Å². The third-order valence-corrected chi connectivity index (χ3v) is 6.19. The van der Waals surface area contributed by atoms with E-state index in [2.05, 4.69) is 17.4 Å². The van der Waals surface area contributed by atoms with Crippen LogP contribution < -0.4 is 9.62 Å². The fourth-order valence-electron chi connectivity index (χ4n) is 3.56. The normalized spacial score (nSPS) is 14.8. The van der Waals surface area contributed by atoms with E-state index < -0.39 is 28.3 Å². The van der Waals surface area contributed by atoms with E-state index in [1.54, 1.807) is 0 Å². The summed E-state index contributed by atoms with van der Waals surface area (Å²) in [5, 5.41) is 2.83. The van der Waals surface area contributed by atoms with Crippen LogP contribution in [0.4, 0.5) is 10.1 Å². The fourth-order valence-corrected chi connectivity index (χ4v) is 4.42. The molecule has 7 heteroatoms. The Bertz CT molecular complexity index is 975. The molecule has 1 atom stereocenters. The number of hydrogen-bond donors (Lipinski definition) is 1. The Morgan fingerprint density at radius 3 is 2.50 bits per heavy atom. The van der Waals surface area contributed by atoms with Gasteiger partial charge in [-0.25, -0.2) is 12.8 Å². The van der Waals surface area contributed by atoms with Crippen LogP contribution in [0.3, 0.4) is 0 Å². The zero-order valence-electron chi connectivity index (χ0n) is 16.1. The number of anilines is 1. The van der Waals surface area contributed by atoms with Crippen LogP contribution in [0.15, 0.2) is 42.5 Å². The van der Waals surface area contributed by atoms with Crippen LogP contribution in [0.5, 0.6) is 0 Å². The molecule has 28 heavy (non-hydrogen) atoms. The summed E-state index contributed by atoms with van der Waals surface area (Å²) in [5.41, 5.74) is 3.51. The number of aryl methyl sites for hydroxylation is 2. The molecule has 1 aliphatic carbocycles. The number of sulfonamides is 1. The Hall–Kier alpha value is -2.41. The van der Waals surface area contributed by atoms with Crippen LogP contribution in [-0.2, 0) is 27.7 Å². The van der Waals surface area contributed by atoms with Gasteiger partial charge in [0, 0.05) is 0 Å². The molecule has 0 unspecified atom stereocenters. The molecule has 0 bridgehead atoms. The highest BCUT2D eigenvalue weighted by Crippen LogP contribution is 2.25. The quantitative estimate of drug-likeness (QED) is 0.803. The first-order valence-electron chi connectivity index (χ1n) is 9.39. The maximum atomic E-state index is 14.1. The number of halogens is 1. The molecule has 3 rings (SSSR count). The molecule has 0 saturated carbocycles. The molecule has 0 spiro atoms. The van der Waals surface area contributed by atoms with Crippen molar-refractivity contribution in [1.82, 2.24) is 5.32 Å². The first kappa shape index (κ1) is 20.3. The van der Waals surface area contributed by atoms with Crippen LogP contribution in [0.25, 0.3) is 0 Å². The molecule has 0 saturated heterocycles. The predicted molar refractivity (Wildman–Crippen MR) is 108 cm³/mol. The van der Waals surface area contributed by atoms with Crippen molar-refractivity contribution in [1.29, 1.82) is 0 Å². The minimum absolute atomic E-state index is 0.137. The van der Waals surface area contributed by atoms with Gasteiger partial charge in [-0.2, -0.15) is 0 Å². The van der Waals surface area contributed by atoms with Crippen molar-refractivity contribution in [3.05, 3.63) is 65.0 Å². The summed E-state index contributed by atoms with van der Waals surface area (Å²) in [5.74, 6) is -1.18. The van der Waals surface area contributed by atoms with E-state index in [0.29, 0.717) is 0 Å². The van der Waals surface area contributed by atoms with E-state index in [1.807, 2.05) is 13.0 Å². The molecule has 0 aliphatic heterocycles. The van der Waals surface area contributed by atoms with Crippen LogP contribution >= 0.6 is 0 Å². The van der Waals surface area contributed by atoms with Crippen molar-refractivity contribution in [3.63, 3.8) is 0 Å². The zero-order valence-corrected chi connectivity index (χ0v) is 16.9. The van der Waals surface area contributed by atoms with Gasteiger partial charge in [-0.3, -0.25) is 9.10 Å². The van der Waals surface area contributed by atoms with Gasteiger partial charge in [-0.1, -0.05) is 30.3 Å². The topological polar surface area (TPSA) is 66.5 Å². The fraction of sp³-hybridized carbons (Fsp3) is 0.381. The highest BCUT2D eigenvalue weighted by molar-refractivity contribution is 7.92. The molecule has 1 N–H and O–H groups in total. The Labute approximate surface area is 165 Å². The number of nitrogens with one attached hydrogen (secondary N) is 1. The van der Waals surface area contributed by atoms with Crippen molar-refractivity contribution in [2.45, 2.75) is 38.6 Å². The van der Waals surface area contributed by atoms with Gasteiger partial charge in [0.1, 0.15) is 12.4 Å². The minimum atomic E-state index is -3.82. The lowest BCUT2D eigenvalue weighted by Gasteiger charge is -2.24. The van der Waals surface area contributed by atoms with Crippen LogP contribution in [0.2, 0.25) is 0 Å². The predicted octanol–water partition coefficient (Wildman–Crippen LogP) is 3.35. The lowest BCUT2D eigenvalue weighted by Crippen LogP contribution is -2.41. The van der Waals surface area contributed by atoms with E-state index in [-0.39, 0.29) is 11.7 Å². The van der Waals surface area contributed by atoms with E-state index in [0.717, 1.165) is 29.0 Å². The van der Waals surface area contributed by atoms with Gasteiger partial charge in [0.15, 0.2) is 0 Å². The van der Waals surface area contributed by atoms with Gasteiger partial charge in [0.05, 0.1) is 18.0 Å². The minimum Gasteiger partial charge on any atom is -0.348 e. The number of benzene rings is 2. The van der Waals surface area contributed by atoms with Crippen molar-refractivity contribution in [2.75, 3.05) is 17.1 Å². The lowest BCUT2D eigenvalue weighted by atomic mass is 9.89. The third-order valence-electron chi connectivity index (χ3n) is 5.06. The Morgan fingerprint density at radius 1 is 1.14 bits per heavy atom. The van der Waals surface area contributed by atoms with Crippen molar-refractivity contribution in [2.24, 2.45) is 0 Å². The standard InChI is InChI=1S/C21H25FN2O3S/c1-15(17-12-11-16-7-3-4-8-18(16)13-17)23-21(25)14-24(28(2,26)27)20-10-6-5-9-19(20)22/h5-6,9-13,15H,3-4,7-8,14H2,1-2H3,(H,23,25)/t15-/m0/s1. The average molecular weight is 405 g/mol. The number of amides is 1. The number of nitrogens with zero attached hydrogens (tertiary/aromatic N) is 1. The van der Waals surface area contributed by atoms with E-state index >= 15 is 0 Å². The summed E-state index contributed by atoms with van der Waals surface area (Å²) in [6.07, 6.45) is 5.46. The average Bonchev–Trinajstić information content (AvgIpc) is 2.65. The summed E-state index contributed by atoms with van der Waals surface area (Å²) in [6, 6.07) is 11.5. The Balaban J connectivity index is 1.73. The summed E-state index contributed by atoms with van der Waals surface area (Å²) < 4.78 is 39.1. The van der Waals surface area contributed by atoms with E-state index in [1.165, 1.54) is 48.2 Å². The molecule has 0 fully saturated rings. The second kappa shape index (κ2) is 8.31. The molecule has 1 amide bonds. The van der Waals surface area contributed by atoms with Crippen LogP contribution in [0.1, 0.15) is 42.5 Å². The Morgan fingerprint density at radius 2 is 1.82 bits per heavy atom. The summed E-state index contributed by atoms with van der Waals surface area (Å²) in [4.78, 5) is 12.5. The van der Waals surface area contributed by atoms with Gasteiger partial charge in [0.25, 0.3) is 0 Å². The number of carbonyl (C=O) groups is 1. The molecule has 0 heterocycles. The van der Waals surface area contributed by atoms with Crippen LogP contribution in [-0.4, -0.2) is 27.1 Å². The lowest BCUT2D eigenvalue weighted by molar-refractivity contribution is -0.120. The third kappa shape index (κ3) is 4.70. The van der Waals surface area contributed by atoms with Crippen molar-refractivity contribution < 1.29 is 17.6 Å². The van der Waals surface area contributed by atoms with Gasteiger partial charge >= 0.3 is 0 Å². The molecule has 5 nitrogen and oxygen atoms in total.